The fourth-order valence-electron chi connectivity index (χ4n) is 2.76. The van der Waals surface area contributed by atoms with Crippen molar-refractivity contribution in [3.63, 3.8) is 0 Å². The van der Waals surface area contributed by atoms with Crippen molar-refractivity contribution in [1.29, 1.82) is 0 Å². The maximum absolute atomic E-state index is 5.71. The van der Waals surface area contributed by atoms with Crippen molar-refractivity contribution >= 4 is 5.71 Å². The zero-order valence-electron chi connectivity index (χ0n) is 9.06. The van der Waals surface area contributed by atoms with Crippen LogP contribution in [-0.4, -0.2) is 30.9 Å². The van der Waals surface area contributed by atoms with Crippen LogP contribution < -0.4 is 5.73 Å². The monoisotopic (exact) mass is 203 g/mol. The molecule has 1 unspecified atom stereocenters. The van der Waals surface area contributed by atoms with Crippen LogP contribution in [-0.2, 0) is 0 Å². The fraction of sp³-hybridized carbons (Fsp3) is 0.583. The van der Waals surface area contributed by atoms with Gasteiger partial charge in [-0.15, -0.1) is 0 Å². The van der Waals surface area contributed by atoms with E-state index in [-0.39, 0.29) is 0 Å². The summed E-state index contributed by atoms with van der Waals surface area (Å²) in [6, 6.07) is 0. The van der Waals surface area contributed by atoms with Crippen molar-refractivity contribution in [1.82, 2.24) is 5.01 Å². The zero-order valence-corrected chi connectivity index (χ0v) is 9.06. The number of nitrogens with zero attached hydrogens (tertiary/aromatic N) is 2. The van der Waals surface area contributed by atoms with E-state index in [4.69, 9.17) is 5.73 Å². The van der Waals surface area contributed by atoms with Crippen LogP contribution in [0.3, 0.4) is 0 Å². The Hall–Kier alpha value is -1.09. The first-order chi connectivity index (χ1) is 7.29. The van der Waals surface area contributed by atoms with Gasteiger partial charge in [0.25, 0.3) is 0 Å². The number of nitrogens with two attached hydrogens (primary N) is 1. The van der Waals surface area contributed by atoms with Crippen LogP contribution in [0.5, 0.6) is 0 Å². The predicted molar refractivity (Wildman–Crippen MR) is 61.4 cm³/mol. The Kier molecular flexibility index (Phi) is 1.96. The molecule has 0 saturated heterocycles. The third-order valence-corrected chi connectivity index (χ3v) is 3.70. The molecule has 3 atom stereocenters. The molecule has 3 nitrogen and oxygen atoms in total. The number of hydrogen-bond donors (Lipinski definition) is 1. The number of hydrazone groups is 1. The van der Waals surface area contributed by atoms with Gasteiger partial charge in [0, 0.05) is 19.5 Å². The van der Waals surface area contributed by atoms with Crippen LogP contribution in [0.15, 0.2) is 28.9 Å². The number of rotatable bonds is 2. The molecule has 80 valence electrons. The normalized spacial score (nSPS) is 37.5. The lowest BCUT2D eigenvalue weighted by molar-refractivity contribution is 0.369. The Morgan fingerprint density at radius 3 is 3.20 bits per heavy atom. The zero-order chi connectivity index (χ0) is 10.4. The third-order valence-electron chi connectivity index (χ3n) is 3.70. The molecule has 0 aromatic carbocycles. The van der Waals surface area contributed by atoms with E-state index in [2.05, 4.69) is 23.3 Å². The lowest BCUT2D eigenvalue weighted by atomic mass is 9.86. The van der Waals surface area contributed by atoms with Gasteiger partial charge in [-0.1, -0.05) is 17.7 Å². The summed E-state index contributed by atoms with van der Waals surface area (Å²) in [6.07, 6.45) is 7.83. The molecule has 15 heavy (non-hydrogen) atoms. The summed E-state index contributed by atoms with van der Waals surface area (Å²) in [6.45, 7) is 1.88. The molecule has 1 saturated carbocycles. The van der Waals surface area contributed by atoms with Crippen molar-refractivity contribution < 1.29 is 0 Å². The topological polar surface area (TPSA) is 41.6 Å². The highest BCUT2D eigenvalue weighted by Crippen LogP contribution is 2.47. The number of hydrogen-bond acceptors (Lipinski definition) is 3. The molecule has 3 rings (SSSR count). The summed E-state index contributed by atoms with van der Waals surface area (Å²) in [5.41, 5.74) is 8.51. The molecule has 0 radical (unpaired) electrons. The summed E-state index contributed by atoms with van der Waals surface area (Å²) in [5.74, 6) is 2.01. The molecule has 0 amide bonds. The second kappa shape index (κ2) is 3.20. The van der Waals surface area contributed by atoms with Gasteiger partial charge in [-0.2, -0.15) is 5.10 Å². The Morgan fingerprint density at radius 1 is 1.60 bits per heavy atom. The van der Waals surface area contributed by atoms with Gasteiger partial charge < -0.3 is 5.73 Å². The maximum atomic E-state index is 5.71. The molecule has 0 aromatic heterocycles. The Bertz CT molecular complexity index is 367. The first kappa shape index (κ1) is 9.16. The summed E-state index contributed by atoms with van der Waals surface area (Å²) >= 11 is 0. The Labute approximate surface area is 90.3 Å². The minimum atomic E-state index is 0.543. The number of fused-ring (bicyclic) bond motifs is 1. The van der Waals surface area contributed by atoms with Crippen LogP contribution >= 0.6 is 0 Å². The van der Waals surface area contributed by atoms with Gasteiger partial charge in [-0.3, -0.25) is 5.01 Å². The molecular formula is C12H17N3. The minimum absolute atomic E-state index is 0.543. The molecule has 0 spiro atoms. The van der Waals surface area contributed by atoms with E-state index in [1.54, 1.807) is 5.57 Å². The highest BCUT2D eigenvalue weighted by molar-refractivity contribution is 6.01. The van der Waals surface area contributed by atoms with E-state index in [1.807, 2.05) is 12.1 Å². The van der Waals surface area contributed by atoms with Crippen LogP contribution in [0.25, 0.3) is 0 Å². The van der Waals surface area contributed by atoms with Gasteiger partial charge in [0.15, 0.2) is 0 Å². The average molecular weight is 203 g/mol. The van der Waals surface area contributed by atoms with Crippen LogP contribution in [0, 0.1) is 17.8 Å². The summed E-state index contributed by atoms with van der Waals surface area (Å²) in [5, 5.41) is 6.56. The van der Waals surface area contributed by atoms with Gasteiger partial charge in [-0.05, 0) is 30.9 Å². The van der Waals surface area contributed by atoms with E-state index < -0.39 is 0 Å². The van der Waals surface area contributed by atoms with Crippen LogP contribution in [0.1, 0.15) is 6.42 Å². The molecular weight excluding hydrogens is 186 g/mol. The van der Waals surface area contributed by atoms with Crippen molar-refractivity contribution in [3.05, 3.63) is 23.8 Å². The quantitative estimate of drug-likeness (QED) is 0.727. The summed E-state index contributed by atoms with van der Waals surface area (Å²) in [7, 11) is 2.05. The van der Waals surface area contributed by atoms with Gasteiger partial charge in [0.05, 0.1) is 5.71 Å². The van der Waals surface area contributed by atoms with E-state index in [0.29, 0.717) is 5.92 Å². The Balaban J connectivity index is 1.83. The molecule has 3 aliphatic rings. The fourth-order valence-corrected chi connectivity index (χ4v) is 2.76. The molecule has 1 fully saturated rings. The molecule has 3 heteroatoms. The second-order valence-electron chi connectivity index (χ2n) is 4.78. The molecule has 0 bridgehead atoms. The first-order valence-corrected chi connectivity index (χ1v) is 5.67. The van der Waals surface area contributed by atoms with Gasteiger partial charge in [-0.25, -0.2) is 0 Å². The van der Waals surface area contributed by atoms with E-state index in [0.717, 1.165) is 24.9 Å². The molecule has 2 N–H and O–H groups in total. The average Bonchev–Trinajstić information content (AvgIpc) is 2.91. The van der Waals surface area contributed by atoms with Crippen molar-refractivity contribution in [2.45, 2.75) is 6.42 Å². The van der Waals surface area contributed by atoms with Gasteiger partial charge in [0.2, 0.25) is 0 Å². The lowest BCUT2D eigenvalue weighted by Gasteiger charge is -2.18. The first-order valence-electron chi connectivity index (χ1n) is 5.67. The highest BCUT2D eigenvalue weighted by atomic mass is 15.5. The van der Waals surface area contributed by atoms with Gasteiger partial charge in [0.1, 0.15) is 0 Å². The SMILES string of the molecule is CN1CC2C([C@@H]3C[C@H]3CN)=CC=CC2=N1. The second-order valence-corrected chi connectivity index (χ2v) is 4.78. The lowest BCUT2D eigenvalue weighted by Crippen LogP contribution is -2.21. The molecule has 0 aromatic rings. The summed E-state index contributed by atoms with van der Waals surface area (Å²) < 4.78 is 0. The largest absolute Gasteiger partial charge is 0.330 e. The Morgan fingerprint density at radius 2 is 2.47 bits per heavy atom. The van der Waals surface area contributed by atoms with Gasteiger partial charge >= 0.3 is 0 Å². The maximum Gasteiger partial charge on any atom is 0.0695 e. The summed E-state index contributed by atoms with van der Waals surface area (Å²) in [4.78, 5) is 0. The van der Waals surface area contributed by atoms with Crippen molar-refractivity contribution in [3.8, 4) is 0 Å². The molecule has 1 aliphatic heterocycles. The highest BCUT2D eigenvalue weighted by Gasteiger charge is 2.43. The smallest absolute Gasteiger partial charge is 0.0695 e. The molecule has 1 heterocycles. The third kappa shape index (κ3) is 1.42. The van der Waals surface area contributed by atoms with E-state index in [1.165, 1.54) is 12.1 Å². The van der Waals surface area contributed by atoms with Crippen molar-refractivity contribution in [2.75, 3.05) is 20.1 Å². The predicted octanol–water partition coefficient (Wildman–Crippen LogP) is 0.995. The minimum Gasteiger partial charge on any atom is -0.330 e. The number of allylic oxidation sites excluding steroid dienone is 3. The van der Waals surface area contributed by atoms with Crippen LogP contribution in [0.4, 0.5) is 0 Å². The van der Waals surface area contributed by atoms with E-state index >= 15 is 0 Å². The standard InChI is InChI=1S/C12H17N3/c1-15-7-11-9(10-5-8(10)6-13)3-2-4-12(11)14-15/h2-4,8,10-11H,5-7,13H2,1H3/t8-,10+,11?/m0/s1. The van der Waals surface area contributed by atoms with Crippen LogP contribution in [0.2, 0.25) is 0 Å². The van der Waals surface area contributed by atoms with Crippen molar-refractivity contribution in [2.24, 2.45) is 28.6 Å². The molecule has 2 aliphatic carbocycles. The van der Waals surface area contributed by atoms with E-state index in [9.17, 15) is 0 Å².